The van der Waals surface area contributed by atoms with Crippen LogP contribution in [0.3, 0.4) is 0 Å². The van der Waals surface area contributed by atoms with Crippen LogP contribution < -0.4 is 0 Å². The average Bonchev–Trinajstić information content (AvgIpc) is 3.32. The molecule has 0 aliphatic heterocycles. The second-order valence-electron chi connectivity index (χ2n) is 16.9. The number of carbonyl (C=O) groups is 3. The Bertz CT molecular complexity index is 1510. The summed E-state index contributed by atoms with van der Waals surface area (Å²) in [6, 6.07) is 0. The zero-order valence-corrected chi connectivity index (χ0v) is 43.4. The van der Waals surface area contributed by atoms with E-state index < -0.39 is 57.8 Å². The van der Waals surface area contributed by atoms with Crippen molar-refractivity contribution in [3.63, 3.8) is 0 Å². The van der Waals surface area contributed by atoms with Crippen LogP contribution in [0.2, 0.25) is 0 Å². The lowest BCUT2D eigenvalue weighted by Gasteiger charge is -2.21. The first-order valence-corrected chi connectivity index (χ1v) is 27.6. The van der Waals surface area contributed by atoms with E-state index in [0.717, 1.165) is 141 Å². The van der Waals surface area contributed by atoms with E-state index in [1.807, 2.05) is 0 Å². The number of aliphatic hydroxyl groups excluding tert-OH is 1. The van der Waals surface area contributed by atoms with E-state index in [4.69, 9.17) is 23.3 Å². The van der Waals surface area contributed by atoms with Gasteiger partial charge in [0.15, 0.2) is 6.10 Å². The molecule has 3 atom stereocenters. The number of hydrogen-bond donors (Lipinski definition) is 2. The second-order valence-corrected chi connectivity index (χ2v) is 18.4. The number of rotatable bonds is 47. The van der Waals surface area contributed by atoms with Gasteiger partial charge < -0.3 is 24.2 Å². The summed E-state index contributed by atoms with van der Waals surface area (Å²) in [7, 11) is -4.76. The van der Waals surface area contributed by atoms with Crippen LogP contribution in [0.5, 0.6) is 0 Å². The lowest BCUT2D eigenvalue weighted by atomic mass is 10.1. The number of unbranched alkanes of at least 4 members (excludes halogenated alkanes) is 14. The molecule has 0 rings (SSSR count). The van der Waals surface area contributed by atoms with Gasteiger partial charge >= 0.3 is 25.7 Å². The molecule has 0 aliphatic rings. The minimum absolute atomic E-state index is 0.137. The van der Waals surface area contributed by atoms with Gasteiger partial charge in [-0.25, -0.2) is 4.57 Å². The topological polar surface area (TPSA) is 155 Å². The summed E-state index contributed by atoms with van der Waals surface area (Å²) in [5.41, 5.74) is 0. The minimum Gasteiger partial charge on any atom is -0.462 e. The van der Waals surface area contributed by atoms with Gasteiger partial charge in [-0.3, -0.25) is 23.4 Å². The first kappa shape index (κ1) is 64.4. The fraction of sp³-hybridized carbons (Fsp3) is 0.661. The van der Waals surface area contributed by atoms with E-state index in [2.05, 4.69) is 118 Å². The van der Waals surface area contributed by atoms with Crippen LogP contribution in [0.4, 0.5) is 0 Å². The predicted octanol–water partition coefficient (Wildman–Crippen LogP) is 14.9. The highest BCUT2D eigenvalue weighted by atomic mass is 31.2. The van der Waals surface area contributed by atoms with Gasteiger partial charge in [0.25, 0.3) is 0 Å². The van der Waals surface area contributed by atoms with Crippen molar-refractivity contribution in [2.75, 3.05) is 26.4 Å². The number of aliphatic hydroxyl groups is 1. The SMILES string of the molecule is CC/C=C\C/C=C\C/C=C\C/C=C\CCCCC(=O)OCC(COP(=O)(O)OCC(CO)OC(=O)CCCCCCC/C=C\C/C=C\CCC)OC(=O)CCCCCCC/C=C\C/C=C\CCC. The monoisotopic (exact) mass is 973 g/mol. The maximum Gasteiger partial charge on any atom is 0.472 e. The molecular weight excluding hydrogens is 880 g/mol. The molecule has 12 heteroatoms. The first-order chi connectivity index (χ1) is 33.2. The van der Waals surface area contributed by atoms with Crippen LogP contribution in [0.15, 0.2) is 97.2 Å². The van der Waals surface area contributed by atoms with Gasteiger partial charge in [-0.15, -0.1) is 0 Å². The molecule has 68 heavy (non-hydrogen) atoms. The van der Waals surface area contributed by atoms with Gasteiger partial charge in [0.05, 0.1) is 19.8 Å². The maximum absolute atomic E-state index is 12.8. The van der Waals surface area contributed by atoms with Crippen LogP contribution in [0.25, 0.3) is 0 Å². The molecule has 0 heterocycles. The third-order valence-electron chi connectivity index (χ3n) is 10.4. The van der Waals surface area contributed by atoms with Gasteiger partial charge in [0.2, 0.25) is 0 Å². The Hall–Kier alpha value is -3.60. The van der Waals surface area contributed by atoms with Gasteiger partial charge in [-0.1, -0.05) is 169 Å². The van der Waals surface area contributed by atoms with Crippen molar-refractivity contribution in [1.82, 2.24) is 0 Å². The minimum atomic E-state index is -4.76. The Kier molecular flexibility index (Phi) is 47.2. The number of phosphoric acid groups is 1. The van der Waals surface area contributed by atoms with Crippen LogP contribution in [-0.2, 0) is 42.2 Å². The lowest BCUT2D eigenvalue weighted by Crippen LogP contribution is -2.30. The number of esters is 3. The molecule has 0 amide bonds. The molecule has 0 aromatic heterocycles. The molecule has 0 spiro atoms. The van der Waals surface area contributed by atoms with Crippen molar-refractivity contribution in [3.05, 3.63) is 97.2 Å². The van der Waals surface area contributed by atoms with E-state index >= 15 is 0 Å². The molecular formula is C56H93O11P. The van der Waals surface area contributed by atoms with Crippen molar-refractivity contribution in [2.24, 2.45) is 0 Å². The quantitative estimate of drug-likeness (QED) is 0.0197. The number of allylic oxidation sites excluding steroid dienone is 16. The van der Waals surface area contributed by atoms with Gasteiger partial charge in [-0.2, -0.15) is 0 Å². The number of phosphoric ester groups is 1. The Morgan fingerprint density at radius 2 is 0.765 bits per heavy atom. The van der Waals surface area contributed by atoms with Gasteiger partial charge in [-0.05, 0) is 109 Å². The van der Waals surface area contributed by atoms with Crippen LogP contribution in [-0.4, -0.2) is 66.5 Å². The molecule has 0 aromatic carbocycles. The molecule has 0 fully saturated rings. The Labute approximate surface area is 412 Å². The zero-order chi connectivity index (χ0) is 49.9. The Balaban J connectivity index is 4.84. The predicted molar refractivity (Wildman–Crippen MR) is 279 cm³/mol. The van der Waals surface area contributed by atoms with Crippen molar-refractivity contribution < 1.29 is 52.2 Å². The highest BCUT2D eigenvalue weighted by Crippen LogP contribution is 2.43. The number of ether oxygens (including phenoxy) is 3. The van der Waals surface area contributed by atoms with E-state index in [0.29, 0.717) is 19.3 Å². The van der Waals surface area contributed by atoms with Crippen molar-refractivity contribution in [1.29, 1.82) is 0 Å². The van der Waals surface area contributed by atoms with E-state index in [1.54, 1.807) is 0 Å². The van der Waals surface area contributed by atoms with Crippen LogP contribution >= 0.6 is 7.82 Å². The van der Waals surface area contributed by atoms with Crippen molar-refractivity contribution in [2.45, 2.75) is 213 Å². The molecule has 11 nitrogen and oxygen atoms in total. The summed E-state index contributed by atoms with van der Waals surface area (Å²) in [6.07, 6.45) is 56.6. The summed E-state index contributed by atoms with van der Waals surface area (Å²) < 4.78 is 39.3. The standard InChI is InChI=1S/C56H93O11P/c1-4-7-10-13-16-19-22-25-26-29-30-33-36-39-42-45-54(58)63-49-53(67-56(60)47-44-41-38-35-32-28-24-21-18-15-12-9-6-3)51-65-68(61,62)64-50-52(48-57)66-55(59)46-43-40-37-34-31-27-23-20-17-14-11-8-5-2/h7,10-12,14-16,19-21,23-26,30,33,52-53,57H,4-6,8-9,13,17-18,22,27-29,31-32,34-51H2,1-3H3,(H,61,62)/b10-7-,14-11-,15-12-,19-16-,23-20-,24-21-,26-25-,33-30-. The number of carbonyl (C=O) groups excluding carboxylic acids is 3. The van der Waals surface area contributed by atoms with E-state index in [9.17, 15) is 28.9 Å². The largest absolute Gasteiger partial charge is 0.472 e. The lowest BCUT2D eigenvalue weighted by molar-refractivity contribution is -0.161. The second kappa shape index (κ2) is 49.8. The summed E-state index contributed by atoms with van der Waals surface area (Å²) in [5.74, 6) is -1.56. The van der Waals surface area contributed by atoms with Crippen molar-refractivity contribution >= 4 is 25.7 Å². The van der Waals surface area contributed by atoms with Gasteiger partial charge in [0, 0.05) is 19.3 Å². The van der Waals surface area contributed by atoms with E-state index in [-0.39, 0.29) is 25.9 Å². The summed E-state index contributed by atoms with van der Waals surface area (Å²) in [5, 5.41) is 9.77. The maximum atomic E-state index is 12.8. The first-order valence-electron chi connectivity index (χ1n) is 26.1. The third-order valence-corrected chi connectivity index (χ3v) is 11.4. The van der Waals surface area contributed by atoms with E-state index in [1.165, 1.54) is 0 Å². The molecule has 0 saturated heterocycles. The summed E-state index contributed by atoms with van der Waals surface area (Å²) >= 11 is 0. The third kappa shape index (κ3) is 47.5. The fourth-order valence-corrected chi connectivity index (χ4v) is 7.26. The molecule has 388 valence electrons. The van der Waals surface area contributed by atoms with Crippen molar-refractivity contribution in [3.8, 4) is 0 Å². The van der Waals surface area contributed by atoms with Crippen LogP contribution in [0.1, 0.15) is 201 Å². The highest BCUT2D eigenvalue weighted by molar-refractivity contribution is 7.47. The summed E-state index contributed by atoms with van der Waals surface area (Å²) in [6.45, 7) is 4.29. The molecule has 0 bridgehead atoms. The Morgan fingerprint density at radius 1 is 0.426 bits per heavy atom. The zero-order valence-electron chi connectivity index (χ0n) is 42.5. The normalized spacial score (nSPS) is 14.2. The smallest absolute Gasteiger partial charge is 0.462 e. The fourth-order valence-electron chi connectivity index (χ4n) is 6.48. The Morgan fingerprint density at radius 3 is 1.21 bits per heavy atom. The molecule has 0 aliphatic carbocycles. The van der Waals surface area contributed by atoms with Crippen LogP contribution in [0, 0.1) is 0 Å². The highest BCUT2D eigenvalue weighted by Gasteiger charge is 2.28. The summed E-state index contributed by atoms with van der Waals surface area (Å²) in [4.78, 5) is 48.3. The molecule has 2 N–H and O–H groups in total. The number of hydrogen-bond acceptors (Lipinski definition) is 10. The molecule has 0 radical (unpaired) electrons. The van der Waals surface area contributed by atoms with Gasteiger partial charge in [0.1, 0.15) is 12.7 Å². The molecule has 3 unspecified atom stereocenters. The molecule has 0 aromatic rings. The average molecular weight is 973 g/mol. The molecule has 0 saturated carbocycles.